The SMILES string of the molecule is CCN(C)C(=O)NN(C)C. The van der Waals surface area contributed by atoms with Crippen LogP contribution in [0.2, 0.25) is 0 Å². The Morgan fingerprint density at radius 2 is 1.90 bits per heavy atom. The second-order valence-electron chi connectivity index (χ2n) is 2.33. The maximum atomic E-state index is 11.0. The van der Waals surface area contributed by atoms with Crippen LogP contribution in [0, 0.1) is 0 Å². The average molecular weight is 145 g/mol. The number of hydrogen-bond acceptors (Lipinski definition) is 2. The Morgan fingerprint density at radius 3 is 2.20 bits per heavy atom. The van der Waals surface area contributed by atoms with Crippen molar-refractivity contribution in [1.29, 1.82) is 0 Å². The molecule has 0 bridgehead atoms. The van der Waals surface area contributed by atoms with Crippen molar-refractivity contribution >= 4 is 6.03 Å². The molecule has 0 aromatic rings. The van der Waals surface area contributed by atoms with Gasteiger partial charge in [0.2, 0.25) is 0 Å². The van der Waals surface area contributed by atoms with E-state index in [1.54, 1.807) is 31.1 Å². The lowest BCUT2D eigenvalue weighted by Crippen LogP contribution is -2.44. The van der Waals surface area contributed by atoms with Gasteiger partial charge in [-0.15, -0.1) is 0 Å². The number of amides is 2. The minimum atomic E-state index is -0.0764. The van der Waals surface area contributed by atoms with Crippen LogP contribution in [0.15, 0.2) is 0 Å². The van der Waals surface area contributed by atoms with Crippen molar-refractivity contribution in [3.05, 3.63) is 0 Å². The fourth-order valence-corrected chi connectivity index (χ4v) is 0.420. The summed E-state index contributed by atoms with van der Waals surface area (Å²) in [5.41, 5.74) is 2.61. The molecule has 0 saturated heterocycles. The van der Waals surface area contributed by atoms with Crippen LogP contribution in [-0.4, -0.2) is 43.6 Å². The van der Waals surface area contributed by atoms with Gasteiger partial charge in [-0.25, -0.2) is 9.80 Å². The van der Waals surface area contributed by atoms with Crippen molar-refractivity contribution in [3.63, 3.8) is 0 Å². The van der Waals surface area contributed by atoms with Gasteiger partial charge in [0, 0.05) is 27.7 Å². The van der Waals surface area contributed by atoms with E-state index in [4.69, 9.17) is 0 Å². The van der Waals surface area contributed by atoms with E-state index in [9.17, 15) is 4.79 Å². The summed E-state index contributed by atoms with van der Waals surface area (Å²) in [6.07, 6.45) is 0. The molecule has 60 valence electrons. The molecule has 0 aromatic heterocycles. The molecule has 0 spiro atoms. The first-order valence-electron chi connectivity index (χ1n) is 3.27. The van der Waals surface area contributed by atoms with E-state index in [1.165, 1.54) is 0 Å². The summed E-state index contributed by atoms with van der Waals surface area (Å²) in [6, 6.07) is -0.0764. The van der Waals surface area contributed by atoms with Gasteiger partial charge in [-0.3, -0.25) is 5.43 Å². The van der Waals surface area contributed by atoms with E-state index >= 15 is 0 Å². The lowest BCUT2D eigenvalue weighted by atomic mass is 10.6. The Balaban J connectivity index is 3.62. The van der Waals surface area contributed by atoms with Crippen LogP contribution < -0.4 is 5.43 Å². The van der Waals surface area contributed by atoms with Crippen LogP contribution in [0.3, 0.4) is 0 Å². The van der Waals surface area contributed by atoms with E-state index in [0.29, 0.717) is 0 Å². The normalized spacial score (nSPS) is 9.70. The molecular formula is C6H15N3O. The Hall–Kier alpha value is -0.770. The van der Waals surface area contributed by atoms with Gasteiger partial charge in [0.1, 0.15) is 0 Å². The van der Waals surface area contributed by atoms with E-state index < -0.39 is 0 Å². The zero-order valence-electron chi connectivity index (χ0n) is 7.01. The first kappa shape index (κ1) is 9.23. The third kappa shape index (κ3) is 3.29. The fraction of sp³-hybridized carbons (Fsp3) is 0.833. The number of rotatable bonds is 2. The number of hydrazine groups is 1. The predicted molar refractivity (Wildman–Crippen MR) is 40.5 cm³/mol. The molecule has 4 heteroatoms. The maximum Gasteiger partial charge on any atom is 0.331 e. The van der Waals surface area contributed by atoms with Crippen molar-refractivity contribution in [1.82, 2.24) is 15.3 Å². The zero-order valence-corrected chi connectivity index (χ0v) is 7.01. The molecule has 2 amide bonds. The second kappa shape index (κ2) is 4.11. The van der Waals surface area contributed by atoms with Crippen molar-refractivity contribution in [2.75, 3.05) is 27.7 Å². The Labute approximate surface area is 61.8 Å². The first-order chi connectivity index (χ1) is 4.57. The fourth-order valence-electron chi connectivity index (χ4n) is 0.420. The lowest BCUT2D eigenvalue weighted by molar-refractivity contribution is 0.182. The van der Waals surface area contributed by atoms with E-state index in [2.05, 4.69) is 5.43 Å². The molecule has 0 heterocycles. The second-order valence-corrected chi connectivity index (χ2v) is 2.33. The van der Waals surface area contributed by atoms with E-state index in [0.717, 1.165) is 6.54 Å². The highest BCUT2D eigenvalue weighted by molar-refractivity contribution is 5.73. The van der Waals surface area contributed by atoms with Gasteiger partial charge in [0.25, 0.3) is 0 Å². The van der Waals surface area contributed by atoms with Gasteiger partial charge in [-0.05, 0) is 6.92 Å². The smallest absolute Gasteiger partial charge is 0.327 e. The quantitative estimate of drug-likeness (QED) is 0.560. The molecule has 1 N–H and O–H groups in total. The van der Waals surface area contributed by atoms with Crippen molar-refractivity contribution < 1.29 is 4.79 Å². The van der Waals surface area contributed by atoms with Crippen LogP contribution >= 0.6 is 0 Å². The summed E-state index contributed by atoms with van der Waals surface area (Å²) < 4.78 is 0. The number of urea groups is 1. The van der Waals surface area contributed by atoms with Crippen LogP contribution in [0.5, 0.6) is 0 Å². The molecule has 0 radical (unpaired) electrons. The minimum Gasteiger partial charge on any atom is -0.327 e. The number of carbonyl (C=O) groups excluding carboxylic acids is 1. The highest BCUT2D eigenvalue weighted by Gasteiger charge is 2.04. The summed E-state index contributed by atoms with van der Waals surface area (Å²) in [7, 11) is 5.31. The molecule has 10 heavy (non-hydrogen) atoms. The van der Waals surface area contributed by atoms with Crippen molar-refractivity contribution in [2.24, 2.45) is 0 Å². The summed E-state index contributed by atoms with van der Waals surface area (Å²) in [6.45, 7) is 2.65. The monoisotopic (exact) mass is 145 g/mol. The summed E-state index contributed by atoms with van der Waals surface area (Å²) >= 11 is 0. The third-order valence-electron chi connectivity index (χ3n) is 1.14. The van der Waals surface area contributed by atoms with Gasteiger partial charge in [-0.2, -0.15) is 0 Å². The molecule has 0 aliphatic heterocycles. The number of hydrogen-bond donors (Lipinski definition) is 1. The van der Waals surface area contributed by atoms with E-state index in [-0.39, 0.29) is 6.03 Å². The molecule has 0 atom stereocenters. The topological polar surface area (TPSA) is 35.6 Å². The first-order valence-corrected chi connectivity index (χ1v) is 3.27. The van der Waals surface area contributed by atoms with Gasteiger partial charge in [0.15, 0.2) is 0 Å². The summed E-state index contributed by atoms with van der Waals surface area (Å²) in [5.74, 6) is 0. The summed E-state index contributed by atoms with van der Waals surface area (Å²) in [4.78, 5) is 12.6. The highest BCUT2D eigenvalue weighted by atomic mass is 16.2. The number of nitrogens with one attached hydrogen (secondary N) is 1. The minimum absolute atomic E-state index is 0.0764. The summed E-state index contributed by atoms with van der Waals surface area (Å²) in [5, 5.41) is 1.62. The molecule has 0 aliphatic rings. The highest BCUT2D eigenvalue weighted by Crippen LogP contribution is 1.81. The molecule has 0 saturated carbocycles. The van der Waals surface area contributed by atoms with Gasteiger partial charge in [0.05, 0.1) is 0 Å². The Morgan fingerprint density at radius 1 is 1.40 bits per heavy atom. The van der Waals surface area contributed by atoms with Crippen LogP contribution in [0.1, 0.15) is 6.92 Å². The molecule has 4 nitrogen and oxygen atoms in total. The van der Waals surface area contributed by atoms with E-state index in [1.807, 2.05) is 6.92 Å². The third-order valence-corrected chi connectivity index (χ3v) is 1.14. The Kier molecular flexibility index (Phi) is 3.79. The average Bonchev–Trinajstić information content (AvgIpc) is 1.85. The van der Waals surface area contributed by atoms with Crippen LogP contribution in [-0.2, 0) is 0 Å². The largest absolute Gasteiger partial charge is 0.331 e. The van der Waals surface area contributed by atoms with Crippen molar-refractivity contribution in [2.45, 2.75) is 6.92 Å². The molecule has 0 rings (SSSR count). The van der Waals surface area contributed by atoms with Gasteiger partial charge in [-0.1, -0.05) is 0 Å². The standard InChI is InChI=1S/C6H15N3O/c1-5-9(4)6(10)7-8(2)3/h5H2,1-4H3,(H,7,10). The molecule has 0 unspecified atom stereocenters. The van der Waals surface area contributed by atoms with Gasteiger partial charge < -0.3 is 4.90 Å². The number of carbonyl (C=O) groups is 1. The zero-order chi connectivity index (χ0) is 8.15. The lowest BCUT2D eigenvalue weighted by Gasteiger charge is -2.18. The van der Waals surface area contributed by atoms with Crippen LogP contribution in [0.25, 0.3) is 0 Å². The molecule has 0 aromatic carbocycles. The number of nitrogens with zero attached hydrogens (tertiary/aromatic N) is 2. The molecule has 0 fully saturated rings. The maximum absolute atomic E-state index is 11.0. The van der Waals surface area contributed by atoms with Gasteiger partial charge >= 0.3 is 6.03 Å². The molecular weight excluding hydrogens is 130 g/mol. The van der Waals surface area contributed by atoms with Crippen LogP contribution in [0.4, 0.5) is 4.79 Å². The molecule has 0 aliphatic carbocycles. The predicted octanol–water partition coefficient (Wildman–Crippen LogP) is 0.124. The Bertz CT molecular complexity index is 114. The van der Waals surface area contributed by atoms with Crippen molar-refractivity contribution in [3.8, 4) is 0 Å².